The van der Waals surface area contributed by atoms with E-state index in [1.807, 2.05) is 37.3 Å². The predicted molar refractivity (Wildman–Crippen MR) is 301 cm³/mol. The molecule has 438 valence electrons. The van der Waals surface area contributed by atoms with E-state index < -0.39 is 92.3 Å². The fraction of sp³-hybridized carbons (Fsp3) is 0.396. The molecule has 0 spiro atoms. The highest BCUT2D eigenvalue weighted by molar-refractivity contribution is 8.00. The molecule has 0 bridgehead atoms. The van der Waals surface area contributed by atoms with Crippen molar-refractivity contribution in [1.82, 2.24) is 20.2 Å². The van der Waals surface area contributed by atoms with E-state index in [0.717, 1.165) is 52.7 Å². The normalized spacial score (nSPS) is 15.0. The van der Waals surface area contributed by atoms with E-state index in [-0.39, 0.29) is 33.9 Å². The van der Waals surface area contributed by atoms with Crippen molar-refractivity contribution in [3.63, 3.8) is 0 Å². The number of carbonyl (C=O) groups is 4. The number of aromatic nitrogens is 2. The molecule has 2 aromatic carbocycles. The van der Waals surface area contributed by atoms with Crippen molar-refractivity contribution in [3.8, 4) is 11.5 Å². The van der Waals surface area contributed by atoms with Gasteiger partial charge in [-0.25, -0.2) is 14.8 Å². The minimum atomic E-state index is -3.92. The number of aliphatic hydroxyl groups excluding tert-OH is 2. The van der Waals surface area contributed by atoms with Crippen LogP contribution in [0.5, 0.6) is 11.5 Å². The molecule has 2 aliphatic heterocycles. The van der Waals surface area contributed by atoms with Crippen molar-refractivity contribution in [2.45, 2.75) is 58.4 Å². The highest BCUT2D eigenvalue weighted by atomic mass is 32.2. The average Bonchev–Trinajstić information content (AvgIpc) is 4.04. The number of allylic oxidation sites excluding steroid dienone is 1. The topological polar surface area (TPSA) is 443 Å². The van der Waals surface area contributed by atoms with Crippen molar-refractivity contribution < 1.29 is 79.1 Å². The highest BCUT2D eigenvalue weighted by Crippen LogP contribution is 2.41. The van der Waals surface area contributed by atoms with Crippen LogP contribution in [-0.2, 0) is 53.7 Å². The van der Waals surface area contributed by atoms with Gasteiger partial charge in [-0.2, -0.15) is 16.8 Å². The second kappa shape index (κ2) is 32.3. The Labute approximate surface area is 474 Å². The molecule has 13 N–H and O–H groups in total. The zero-order valence-electron chi connectivity index (χ0n) is 44.0. The Morgan fingerprint density at radius 1 is 0.863 bits per heavy atom. The predicted octanol–water partition coefficient (Wildman–Crippen LogP) is 2.91. The Balaban J connectivity index is 0.000000362. The van der Waals surface area contributed by atoms with Crippen molar-refractivity contribution in [2.75, 3.05) is 63.3 Å². The third-order valence-corrected chi connectivity index (χ3v) is 14.5. The molecule has 27 nitrogen and oxygen atoms in total. The molecule has 0 saturated carbocycles. The summed E-state index contributed by atoms with van der Waals surface area (Å²) < 4.78 is 75.8. The van der Waals surface area contributed by atoms with Crippen molar-refractivity contribution in [3.05, 3.63) is 104 Å². The van der Waals surface area contributed by atoms with Crippen LogP contribution in [-0.4, -0.2) is 161 Å². The number of unbranched alkanes of at least 4 members (excludes halogenated alkanes) is 2. The second-order valence-electron chi connectivity index (χ2n) is 17.4. The molecule has 6 rings (SSSR count). The summed E-state index contributed by atoms with van der Waals surface area (Å²) >= 11 is 3.92. The molecule has 2 atom stereocenters. The number of aryl methyl sites for hydroxylation is 1. The van der Waals surface area contributed by atoms with Crippen molar-refractivity contribution in [2.24, 2.45) is 22.0 Å². The first-order valence-corrected chi connectivity index (χ1v) is 29.6. The lowest BCUT2D eigenvalue weighted by atomic mass is 9.98. The summed E-state index contributed by atoms with van der Waals surface area (Å²) in [5, 5.41) is 38.0. The number of β-lactam (4-membered cyclic amide) rings is 1. The van der Waals surface area contributed by atoms with Gasteiger partial charge < -0.3 is 56.5 Å². The third kappa shape index (κ3) is 23.0. The minimum absolute atomic E-state index is 0.00697. The summed E-state index contributed by atoms with van der Waals surface area (Å²) in [5.74, 6) is -1.73. The van der Waals surface area contributed by atoms with Gasteiger partial charge in [-0.05, 0) is 107 Å². The number of nitrogens with one attached hydrogen (secondary N) is 3. The van der Waals surface area contributed by atoms with Crippen LogP contribution in [0.2, 0.25) is 0 Å². The van der Waals surface area contributed by atoms with Gasteiger partial charge in [0.25, 0.3) is 32.1 Å². The van der Waals surface area contributed by atoms with Gasteiger partial charge in [0.05, 0.1) is 54.6 Å². The lowest BCUT2D eigenvalue weighted by molar-refractivity contribution is -0.173. The van der Waals surface area contributed by atoms with Crippen LogP contribution in [0.25, 0.3) is 6.08 Å². The van der Waals surface area contributed by atoms with Crippen LogP contribution in [0, 0.1) is 23.2 Å². The molecule has 32 heteroatoms. The summed E-state index contributed by atoms with van der Waals surface area (Å²) in [4.78, 5) is 67.0. The largest absolute Gasteiger partial charge is 0.494 e. The average molecular weight is 1210 g/mol. The molecule has 2 aromatic heterocycles. The summed E-state index contributed by atoms with van der Waals surface area (Å²) in [7, 11) is -6.57. The lowest BCUT2D eigenvalue weighted by Gasteiger charge is -2.49. The van der Waals surface area contributed by atoms with Crippen LogP contribution >= 0.6 is 34.4 Å². The number of benzene rings is 2. The number of hydrogen-bond donors (Lipinski definition) is 10. The van der Waals surface area contributed by atoms with E-state index in [9.17, 15) is 36.0 Å². The van der Waals surface area contributed by atoms with E-state index in [4.69, 9.17) is 71.1 Å². The fourth-order valence-corrected chi connectivity index (χ4v) is 9.21. The first kappa shape index (κ1) is 67.2. The second-order valence-corrected chi connectivity index (χ2v) is 23.5. The third-order valence-electron chi connectivity index (χ3n) is 10.2. The highest BCUT2D eigenvalue weighted by Gasteiger charge is 2.54. The number of nitrogen functional groups attached to an aromatic ring is 3. The number of carbonyl (C=O) groups excluding carboxylic acids is 4. The van der Waals surface area contributed by atoms with Gasteiger partial charge in [-0.15, -0.1) is 34.4 Å². The SMILES string of the molecule is CO/N=C(\C(=O)N[C@@H]1C(=O)N2C(C(=O)OCOC(=O)C(C)(C)C)=C(/C=C\c3scnc3C)CS[C@H]12)c1csc(N)n1.N=C(N)c1ccc(OCCCCCOc2ccc(C(=N)N)cc2)cc1.O=S(=O)(O)CCO.O=S(=O)(O)CCO. The molecule has 1 saturated heterocycles. The molecule has 2 aliphatic rings. The van der Waals surface area contributed by atoms with Gasteiger partial charge in [-0.3, -0.25) is 39.2 Å². The van der Waals surface area contributed by atoms with E-state index in [1.165, 1.54) is 35.1 Å². The number of fused-ring (bicyclic) bond motifs is 1. The maximum Gasteiger partial charge on any atom is 0.358 e. The Bertz CT molecular complexity index is 2970. The van der Waals surface area contributed by atoms with E-state index >= 15 is 0 Å². The standard InChI is InChI=1S/C25H28N6O7S3.C19H24N4O2.2C2H6O4S/c1-12-15(41-10-27-12)7-6-13-8-39-21-17(29-19(32)16(30-36-5)14-9-40-24(26)28-14)20(33)31(21)18(13)22(34)37-11-38-23(35)25(2,3)4;20-18(21)14-4-8-16(9-5-14)24-12-2-1-3-13-25-17-10-6-15(7-11-17)19(22)23;2*3-1-2-7(4,5)6/h6-7,9-10,17,21H,8,11H2,1-5H3,(H2,26,28)(H,29,32);4-11H,1-3,12-13H2,(H3,20,21)(H3,22,23);2*3H,1-2H2,(H,4,5,6)/b7-6-,30-16-;;;/t17-,21-;;;/m1.../s1. The van der Waals surface area contributed by atoms with E-state index in [1.54, 1.807) is 62.0 Å². The maximum absolute atomic E-state index is 13.3. The Kier molecular flexibility index (Phi) is 27.1. The molecule has 4 aromatic rings. The van der Waals surface area contributed by atoms with Crippen LogP contribution < -0.4 is 32.0 Å². The van der Waals surface area contributed by atoms with Crippen molar-refractivity contribution >= 4 is 107 Å². The number of nitrogens with zero attached hydrogens (tertiary/aromatic N) is 4. The number of thiazole rings is 2. The van der Waals surface area contributed by atoms with Gasteiger partial charge in [-0.1, -0.05) is 11.2 Å². The van der Waals surface area contributed by atoms with E-state index in [2.05, 4.69) is 20.4 Å². The Morgan fingerprint density at radius 2 is 1.40 bits per heavy atom. The number of oxime groups is 1. The molecule has 80 heavy (non-hydrogen) atoms. The number of anilines is 1. The maximum atomic E-state index is 13.3. The number of thioether (sulfide) groups is 1. The van der Waals surface area contributed by atoms with E-state index in [0.29, 0.717) is 35.7 Å². The van der Waals surface area contributed by atoms with Crippen LogP contribution in [0.15, 0.2) is 81.9 Å². The van der Waals surface area contributed by atoms with Gasteiger partial charge in [0.2, 0.25) is 6.79 Å². The zero-order chi connectivity index (χ0) is 59.8. The number of aliphatic hydroxyl groups is 2. The van der Waals surface area contributed by atoms with Crippen LogP contribution in [0.1, 0.15) is 67.4 Å². The van der Waals surface area contributed by atoms with Crippen LogP contribution in [0.3, 0.4) is 0 Å². The van der Waals surface area contributed by atoms with Gasteiger partial charge in [0, 0.05) is 27.1 Å². The molecular formula is C48H64N10O17S5. The number of ether oxygens (including phenoxy) is 4. The fourth-order valence-electron chi connectivity index (χ4n) is 6.18. The zero-order valence-corrected chi connectivity index (χ0v) is 48.1. The summed E-state index contributed by atoms with van der Waals surface area (Å²) in [6.07, 6.45) is 6.45. The lowest BCUT2D eigenvalue weighted by Crippen LogP contribution is -2.71. The molecule has 0 radical (unpaired) electrons. The Hall–Kier alpha value is -7.04. The summed E-state index contributed by atoms with van der Waals surface area (Å²) in [5.41, 5.74) is 20.2. The number of amides is 2. The first-order chi connectivity index (χ1) is 37.6. The number of hydrogen-bond acceptors (Lipinski definition) is 24. The number of esters is 2. The van der Waals surface area contributed by atoms with Crippen LogP contribution in [0.4, 0.5) is 5.13 Å². The molecule has 0 unspecified atom stereocenters. The molecule has 4 heterocycles. The molecule has 2 amide bonds. The van der Waals surface area contributed by atoms with Gasteiger partial charge >= 0.3 is 11.9 Å². The number of nitrogens with two attached hydrogens (primary N) is 3. The van der Waals surface area contributed by atoms with Crippen molar-refractivity contribution in [1.29, 1.82) is 10.8 Å². The Morgan fingerprint density at radius 3 is 1.81 bits per heavy atom. The number of amidine groups is 2. The molecule has 1 fully saturated rings. The molecular weight excluding hydrogens is 1150 g/mol. The molecule has 0 aliphatic carbocycles. The van der Waals surface area contributed by atoms with Gasteiger partial charge in [0.15, 0.2) is 10.8 Å². The van der Waals surface area contributed by atoms with Gasteiger partial charge in [0.1, 0.15) is 53.1 Å². The first-order valence-electron chi connectivity index (χ1n) is 23.6. The quantitative estimate of drug-likeness (QED) is 0.00746. The summed E-state index contributed by atoms with van der Waals surface area (Å²) in [6.45, 7) is 6.50. The number of rotatable bonds is 23. The minimum Gasteiger partial charge on any atom is -0.494 e. The smallest absolute Gasteiger partial charge is 0.358 e. The summed E-state index contributed by atoms with van der Waals surface area (Å²) in [6, 6.07) is 13.5. The monoisotopic (exact) mass is 1210 g/mol.